The first kappa shape index (κ1) is 15.0. The largest absolute Gasteiger partial charge is 0.317 e. The van der Waals surface area contributed by atoms with Crippen molar-refractivity contribution in [3.63, 3.8) is 0 Å². The molecule has 0 saturated carbocycles. The van der Waals surface area contributed by atoms with Gasteiger partial charge in [0.25, 0.3) is 0 Å². The van der Waals surface area contributed by atoms with Crippen molar-refractivity contribution in [3.05, 3.63) is 0 Å². The van der Waals surface area contributed by atoms with Gasteiger partial charge >= 0.3 is 0 Å². The van der Waals surface area contributed by atoms with Gasteiger partial charge in [0.1, 0.15) is 0 Å². The molecule has 0 aromatic rings. The van der Waals surface area contributed by atoms with Crippen molar-refractivity contribution in [1.82, 2.24) is 5.32 Å². The van der Waals surface area contributed by atoms with Gasteiger partial charge in [-0.25, -0.2) is 0 Å². The summed E-state index contributed by atoms with van der Waals surface area (Å²) in [6, 6.07) is 0. The highest BCUT2D eigenvalue weighted by atomic mass is 14.9. The fourth-order valence-corrected chi connectivity index (χ4v) is 2.55. The number of hydrogen-bond acceptors (Lipinski definition) is 1. The van der Waals surface area contributed by atoms with E-state index in [2.05, 4.69) is 39.9 Å². The first-order chi connectivity index (χ1) is 6.42. The zero-order valence-electron chi connectivity index (χ0n) is 10.6. The van der Waals surface area contributed by atoms with Crippen LogP contribution in [-0.2, 0) is 0 Å². The second-order valence-electron chi connectivity index (χ2n) is 5.98. The van der Waals surface area contributed by atoms with E-state index >= 15 is 0 Å². The van der Waals surface area contributed by atoms with Crippen LogP contribution in [0.25, 0.3) is 0 Å². The lowest BCUT2D eigenvalue weighted by Crippen LogP contribution is -2.43. The Morgan fingerprint density at radius 3 is 1.93 bits per heavy atom. The molecular formula is C14H31N. The molecule has 0 spiro atoms. The van der Waals surface area contributed by atoms with Crippen LogP contribution in [0.3, 0.4) is 0 Å². The summed E-state index contributed by atoms with van der Waals surface area (Å²) in [5.74, 6) is 0.902. The Bertz CT molecular complexity index is 176. The standard InChI is InChI=1S/C13H27N.CH4/c1-6-12(2,3)13(4,5)11-7-9-14-10-8-11;/h11,14H,6-10H2,1-5H3;1H4. The zero-order valence-corrected chi connectivity index (χ0v) is 10.6. The normalized spacial score (nSPS) is 19.8. The summed E-state index contributed by atoms with van der Waals surface area (Å²) in [5, 5.41) is 3.46. The van der Waals surface area contributed by atoms with Gasteiger partial charge in [-0.15, -0.1) is 0 Å². The van der Waals surface area contributed by atoms with Crippen molar-refractivity contribution in [1.29, 1.82) is 0 Å². The van der Waals surface area contributed by atoms with E-state index in [0.717, 1.165) is 5.92 Å². The first-order valence-corrected chi connectivity index (χ1v) is 6.12. The minimum absolute atomic E-state index is 0. The van der Waals surface area contributed by atoms with Gasteiger partial charge in [-0.2, -0.15) is 0 Å². The van der Waals surface area contributed by atoms with Crippen LogP contribution in [-0.4, -0.2) is 13.1 Å². The molecule has 0 aromatic carbocycles. The second kappa shape index (κ2) is 5.34. The summed E-state index contributed by atoms with van der Waals surface area (Å²) >= 11 is 0. The van der Waals surface area contributed by atoms with Gasteiger partial charge in [0.2, 0.25) is 0 Å². The van der Waals surface area contributed by atoms with Gasteiger partial charge in [-0.05, 0) is 42.7 Å². The smallest absolute Gasteiger partial charge is 0.00461 e. The minimum Gasteiger partial charge on any atom is -0.317 e. The third kappa shape index (κ3) is 2.96. The van der Waals surface area contributed by atoms with Gasteiger partial charge in [-0.3, -0.25) is 0 Å². The SMILES string of the molecule is C.CCC(C)(C)C(C)(C)C1CCNCC1. The molecule has 1 rings (SSSR count). The van der Waals surface area contributed by atoms with Crippen LogP contribution in [0.4, 0.5) is 0 Å². The fraction of sp³-hybridized carbons (Fsp3) is 1.00. The number of piperidine rings is 1. The van der Waals surface area contributed by atoms with Gasteiger partial charge in [0.05, 0.1) is 0 Å². The summed E-state index contributed by atoms with van der Waals surface area (Å²) in [4.78, 5) is 0. The Balaban J connectivity index is 0.00000196. The van der Waals surface area contributed by atoms with Crippen molar-refractivity contribution in [2.24, 2.45) is 16.7 Å². The van der Waals surface area contributed by atoms with Gasteiger partial charge < -0.3 is 5.32 Å². The lowest BCUT2D eigenvalue weighted by molar-refractivity contribution is 0.0195. The second-order valence-corrected chi connectivity index (χ2v) is 5.98. The molecule has 1 heterocycles. The third-order valence-corrected chi connectivity index (χ3v) is 4.99. The molecule has 0 unspecified atom stereocenters. The Morgan fingerprint density at radius 2 is 1.53 bits per heavy atom. The summed E-state index contributed by atoms with van der Waals surface area (Å²) in [5.41, 5.74) is 0.943. The van der Waals surface area contributed by atoms with Crippen LogP contribution in [0, 0.1) is 16.7 Å². The van der Waals surface area contributed by atoms with E-state index in [0.29, 0.717) is 10.8 Å². The molecule has 0 aliphatic carbocycles. The number of rotatable bonds is 3. The molecule has 1 nitrogen and oxygen atoms in total. The summed E-state index contributed by atoms with van der Waals surface area (Å²) in [7, 11) is 0. The Hall–Kier alpha value is -0.0400. The molecule has 0 bridgehead atoms. The Morgan fingerprint density at radius 1 is 1.07 bits per heavy atom. The maximum Gasteiger partial charge on any atom is -0.00461 e. The van der Waals surface area contributed by atoms with Gasteiger partial charge in [0, 0.05) is 0 Å². The quantitative estimate of drug-likeness (QED) is 0.745. The first-order valence-electron chi connectivity index (χ1n) is 6.12. The van der Waals surface area contributed by atoms with Crippen molar-refractivity contribution in [3.8, 4) is 0 Å². The van der Waals surface area contributed by atoms with Crippen LogP contribution in [0.15, 0.2) is 0 Å². The summed E-state index contributed by atoms with van der Waals surface area (Å²) < 4.78 is 0. The summed E-state index contributed by atoms with van der Waals surface area (Å²) in [6.07, 6.45) is 4.00. The molecule has 92 valence electrons. The Kier molecular flexibility index (Phi) is 5.32. The lowest BCUT2D eigenvalue weighted by Gasteiger charge is -2.48. The predicted molar refractivity (Wildman–Crippen MR) is 70.2 cm³/mol. The van der Waals surface area contributed by atoms with E-state index in [1.807, 2.05) is 0 Å². The maximum absolute atomic E-state index is 3.46. The average molecular weight is 213 g/mol. The molecule has 1 heteroatoms. The van der Waals surface area contributed by atoms with Gasteiger partial charge in [0.15, 0.2) is 0 Å². The van der Waals surface area contributed by atoms with E-state index in [1.54, 1.807) is 0 Å². The molecule has 0 aromatic heterocycles. The molecule has 0 atom stereocenters. The van der Waals surface area contributed by atoms with Crippen LogP contribution < -0.4 is 5.32 Å². The van der Waals surface area contributed by atoms with Gasteiger partial charge in [-0.1, -0.05) is 48.5 Å². The summed E-state index contributed by atoms with van der Waals surface area (Å²) in [6.45, 7) is 14.5. The van der Waals surface area contributed by atoms with E-state index < -0.39 is 0 Å². The molecule has 15 heavy (non-hydrogen) atoms. The van der Waals surface area contributed by atoms with Crippen LogP contribution in [0.5, 0.6) is 0 Å². The number of hydrogen-bond donors (Lipinski definition) is 1. The number of nitrogens with one attached hydrogen (secondary N) is 1. The molecule has 1 saturated heterocycles. The van der Waals surface area contributed by atoms with Crippen molar-refractivity contribution in [2.75, 3.05) is 13.1 Å². The minimum atomic E-state index is 0. The Labute approximate surface area is 97.0 Å². The van der Waals surface area contributed by atoms with E-state index in [-0.39, 0.29) is 7.43 Å². The van der Waals surface area contributed by atoms with Crippen molar-refractivity contribution in [2.45, 2.75) is 61.3 Å². The fourth-order valence-electron chi connectivity index (χ4n) is 2.55. The van der Waals surface area contributed by atoms with E-state index in [9.17, 15) is 0 Å². The highest BCUT2D eigenvalue weighted by molar-refractivity contribution is 4.92. The van der Waals surface area contributed by atoms with Crippen molar-refractivity contribution < 1.29 is 0 Å². The maximum atomic E-state index is 3.46. The molecule has 1 N–H and O–H groups in total. The molecule has 1 fully saturated rings. The van der Waals surface area contributed by atoms with Crippen LogP contribution in [0.2, 0.25) is 0 Å². The zero-order chi connectivity index (χ0) is 10.8. The highest BCUT2D eigenvalue weighted by Gasteiger charge is 2.41. The highest BCUT2D eigenvalue weighted by Crippen LogP contribution is 2.49. The lowest BCUT2D eigenvalue weighted by atomic mass is 9.58. The van der Waals surface area contributed by atoms with Crippen molar-refractivity contribution >= 4 is 0 Å². The molecular weight excluding hydrogens is 182 g/mol. The molecule has 0 radical (unpaired) electrons. The predicted octanol–water partition coefficient (Wildman–Crippen LogP) is 4.08. The van der Waals surface area contributed by atoms with E-state index in [4.69, 9.17) is 0 Å². The van der Waals surface area contributed by atoms with Crippen LogP contribution >= 0.6 is 0 Å². The molecule has 1 aliphatic rings. The van der Waals surface area contributed by atoms with Crippen LogP contribution in [0.1, 0.15) is 61.3 Å². The monoisotopic (exact) mass is 213 g/mol. The molecule has 1 aliphatic heterocycles. The topological polar surface area (TPSA) is 12.0 Å². The average Bonchev–Trinajstić information content (AvgIpc) is 2.19. The molecule has 0 amide bonds. The third-order valence-electron chi connectivity index (χ3n) is 4.99. The van der Waals surface area contributed by atoms with E-state index in [1.165, 1.54) is 32.4 Å².